The number of nitrogens with zero attached hydrogens (tertiary/aromatic N) is 1. The maximum absolute atomic E-state index is 12.4. The van der Waals surface area contributed by atoms with Crippen molar-refractivity contribution < 1.29 is 18.0 Å². The number of rotatable bonds is 3. The standard InChI is InChI=1S/C13H11F3N2O/c1-8(18-2)11(7-17)12(19)9-3-5-10(6-4-9)13(14,15)16/h3-6,18H,1-2H3. The minimum Gasteiger partial charge on any atom is -0.390 e. The first-order valence-electron chi connectivity index (χ1n) is 5.32. The van der Waals surface area contributed by atoms with Gasteiger partial charge in [0.2, 0.25) is 5.78 Å². The molecule has 100 valence electrons. The number of carbonyl (C=O) groups excluding carboxylic acids is 1. The molecule has 0 radical (unpaired) electrons. The number of carbonyl (C=O) groups is 1. The third-order valence-electron chi connectivity index (χ3n) is 2.56. The van der Waals surface area contributed by atoms with Crippen molar-refractivity contribution >= 4 is 5.78 Å². The van der Waals surface area contributed by atoms with Crippen LogP contribution >= 0.6 is 0 Å². The van der Waals surface area contributed by atoms with Crippen LogP contribution in [0.5, 0.6) is 0 Å². The van der Waals surface area contributed by atoms with Crippen LogP contribution in [0, 0.1) is 11.3 Å². The van der Waals surface area contributed by atoms with E-state index in [-0.39, 0.29) is 11.1 Å². The molecule has 1 aromatic rings. The van der Waals surface area contributed by atoms with E-state index < -0.39 is 17.5 Å². The lowest BCUT2D eigenvalue weighted by Gasteiger charge is -2.08. The zero-order valence-electron chi connectivity index (χ0n) is 10.3. The second-order valence-electron chi connectivity index (χ2n) is 3.77. The van der Waals surface area contributed by atoms with Crippen molar-refractivity contribution in [3.63, 3.8) is 0 Å². The number of alkyl halides is 3. The SMILES string of the molecule is CNC(C)=C(C#N)C(=O)c1ccc(C(F)(F)F)cc1. The summed E-state index contributed by atoms with van der Waals surface area (Å²) in [4.78, 5) is 11.9. The van der Waals surface area contributed by atoms with Gasteiger partial charge in [-0.2, -0.15) is 18.4 Å². The molecule has 0 unspecified atom stereocenters. The number of ketones is 1. The summed E-state index contributed by atoms with van der Waals surface area (Å²) < 4.78 is 37.1. The normalized spacial score (nSPS) is 12.4. The molecule has 0 aliphatic rings. The zero-order valence-corrected chi connectivity index (χ0v) is 10.3. The largest absolute Gasteiger partial charge is 0.416 e. The van der Waals surface area contributed by atoms with Crippen LogP contribution in [0.1, 0.15) is 22.8 Å². The molecule has 0 aliphatic heterocycles. The Labute approximate surface area is 108 Å². The number of nitriles is 1. The zero-order chi connectivity index (χ0) is 14.6. The highest BCUT2D eigenvalue weighted by atomic mass is 19.4. The van der Waals surface area contributed by atoms with E-state index in [4.69, 9.17) is 5.26 Å². The van der Waals surface area contributed by atoms with E-state index in [9.17, 15) is 18.0 Å². The molecule has 1 rings (SSSR count). The minimum atomic E-state index is -4.45. The molecule has 1 N–H and O–H groups in total. The molecule has 3 nitrogen and oxygen atoms in total. The first kappa shape index (κ1) is 14.8. The van der Waals surface area contributed by atoms with Crippen molar-refractivity contribution in [2.24, 2.45) is 0 Å². The van der Waals surface area contributed by atoms with Gasteiger partial charge in [0.25, 0.3) is 0 Å². The van der Waals surface area contributed by atoms with Crippen LogP contribution in [-0.2, 0) is 6.18 Å². The molecule has 0 saturated heterocycles. The number of Topliss-reactive ketones (excluding diaryl/α,β-unsaturated/α-hetero) is 1. The number of allylic oxidation sites excluding steroid dienone is 2. The fourth-order valence-corrected chi connectivity index (χ4v) is 1.38. The van der Waals surface area contributed by atoms with E-state index in [0.717, 1.165) is 24.3 Å². The number of hydrogen-bond donors (Lipinski definition) is 1. The molecule has 19 heavy (non-hydrogen) atoms. The van der Waals surface area contributed by atoms with Crippen LogP contribution in [0.15, 0.2) is 35.5 Å². The summed E-state index contributed by atoms with van der Waals surface area (Å²) in [5, 5.41) is 11.6. The van der Waals surface area contributed by atoms with Gasteiger partial charge < -0.3 is 5.32 Å². The number of benzene rings is 1. The van der Waals surface area contributed by atoms with Crippen molar-refractivity contribution in [1.29, 1.82) is 5.26 Å². The maximum atomic E-state index is 12.4. The Bertz CT molecular complexity index is 551. The Kier molecular flexibility index (Phi) is 4.33. The van der Waals surface area contributed by atoms with E-state index in [1.807, 2.05) is 0 Å². The fourth-order valence-electron chi connectivity index (χ4n) is 1.38. The average Bonchev–Trinajstić information content (AvgIpc) is 2.38. The predicted octanol–water partition coefficient (Wildman–Crippen LogP) is 2.91. The smallest absolute Gasteiger partial charge is 0.390 e. The molecule has 1 aromatic carbocycles. The van der Waals surface area contributed by atoms with Gasteiger partial charge in [-0.1, -0.05) is 12.1 Å². The molecule has 0 saturated carbocycles. The summed E-state index contributed by atoms with van der Waals surface area (Å²) in [5.41, 5.74) is -0.550. The summed E-state index contributed by atoms with van der Waals surface area (Å²) in [7, 11) is 1.55. The second-order valence-corrected chi connectivity index (χ2v) is 3.77. The molecule has 0 aromatic heterocycles. The molecular weight excluding hydrogens is 257 g/mol. The summed E-state index contributed by atoms with van der Waals surface area (Å²) in [6, 6.07) is 5.50. The molecule has 6 heteroatoms. The summed E-state index contributed by atoms with van der Waals surface area (Å²) >= 11 is 0. The van der Waals surface area contributed by atoms with Crippen molar-refractivity contribution in [3.05, 3.63) is 46.7 Å². The van der Waals surface area contributed by atoms with Crippen molar-refractivity contribution in [2.75, 3.05) is 7.05 Å². The Balaban J connectivity index is 3.13. The van der Waals surface area contributed by atoms with Crippen molar-refractivity contribution in [3.8, 4) is 6.07 Å². The van der Waals surface area contributed by atoms with E-state index in [1.54, 1.807) is 20.0 Å². The summed E-state index contributed by atoms with van der Waals surface area (Å²) in [5.74, 6) is -0.608. The van der Waals surface area contributed by atoms with Gasteiger partial charge in [-0.05, 0) is 19.1 Å². The van der Waals surface area contributed by atoms with Gasteiger partial charge in [0, 0.05) is 18.3 Å². The molecule has 0 heterocycles. The monoisotopic (exact) mass is 268 g/mol. The third kappa shape index (κ3) is 3.35. The van der Waals surface area contributed by atoms with E-state index in [1.165, 1.54) is 0 Å². The second kappa shape index (κ2) is 5.57. The maximum Gasteiger partial charge on any atom is 0.416 e. The van der Waals surface area contributed by atoms with E-state index >= 15 is 0 Å². The van der Waals surface area contributed by atoms with Gasteiger partial charge in [0.1, 0.15) is 11.6 Å². The molecule has 0 amide bonds. The number of halogens is 3. The van der Waals surface area contributed by atoms with Crippen LogP contribution in [0.2, 0.25) is 0 Å². The van der Waals surface area contributed by atoms with E-state index in [0.29, 0.717) is 5.70 Å². The summed E-state index contributed by atoms with van der Waals surface area (Å²) in [6.45, 7) is 1.54. The molecule has 0 spiro atoms. The average molecular weight is 268 g/mol. The summed E-state index contributed by atoms with van der Waals surface area (Å²) in [6.07, 6.45) is -4.45. The lowest BCUT2D eigenvalue weighted by atomic mass is 10.0. The number of hydrogen-bond acceptors (Lipinski definition) is 3. The Morgan fingerprint density at radius 3 is 2.16 bits per heavy atom. The van der Waals surface area contributed by atoms with Gasteiger partial charge in [0.05, 0.1) is 5.56 Å². The Morgan fingerprint density at radius 2 is 1.79 bits per heavy atom. The predicted molar refractivity (Wildman–Crippen MR) is 63.1 cm³/mol. The van der Waals surface area contributed by atoms with Gasteiger partial charge in [-0.3, -0.25) is 4.79 Å². The highest BCUT2D eigenvalue weighted by molar-refractivity contribution is 6.11. The van der Waals surface area contributed by atoms with Crippen LogP contribution in [0.4, 0.5) is 13.2 Å². The van der Waals surface area contributed by atoms with Crippen LogP contribution < -0.4 is 5.32 Å². The van der Waals surface area contributed by atoms with Crippen LogP contribution in [-0.4, -0.2) is 12.8 Å². The van der Waals surface area contributed by atoms with Crippen LogP contribution in [0.3, 0.4) is 0 Å². The van der Waals surface area contributed by atoms with Gasteiger partial charge in [0.15, 0.2) is 0 Å². The molecule has 0 bridgehead atoms. The number of nitrogens with one attached hydrogen (secondary N) is 1. The molecular formula is C13H11F3N2O. The lowest BCUT2D eigenvalue weighted by Crippen LogP contribution is -2.12. The molecule has 0 fully saturated rings. The topological polar surface area (TPSA) is 52.9 Å². The van der Waals surface area contributed by atoms with Gasteiger partial charge >= 0.3 is 6.18 Å². The lowest BCUT2D eigenvalue weighted by molar-refractivity contribution is -0.137. The molecule has 0 aliphatic carbocycles. The van der Waals surface area contributed by atoms with Crippen molar-refractivity contribution in [2.45, 2.75) is 13.1 Å². The Morgan fingerprint density at radius 1 is 1.26 bits per heavy atom. The highest BCUT2D eigenvalue weighted by Gasteiger charge is 2.30. The van der Waals surface area contributed by atoms with Gasteiger partial charge in [-0.15, -0.1) is 0 Å². The first-order valence-corrected chi connectivity index (χ1v) is 5.32. The highest BCUT2D eigenvalue weighted by Crippen LogP contribution is 2.29. The van der Waals surface area contributed by atoms with Gasteiger partial charge in [-0.25, -0.2) is 0 Å². The Hall–Kier alpha value is -2.29. The first-order chi connectivity index (χ1) is 8.81. The minimum absolute atomic E-state index is 0.0409. The van der Waals surface area contributed by atoms with E-state index in [2.05, 4.69) is 5.32 Å². The van der Waals surface area contributed by atoms with Crippen LogP contribution in [0.25, 0.3) is 0 Å². The fraction of sp³-hybridized carbons (Fsp3) is 0.231. The molecule has 0 atom stereocenters. The quantitative estimate of drug-likeness (QED) is 0.521. The third-order valence-corrected chi connectivity index (χ3v) is 2.56. The van der Waals surface area contributed by atoms with Crippen molar-refractivity contribution in [1.82, 2.24) is 5.32 Å².